The van der Waals surface area contributed by atoms with E-state index in [9.17, 15) is 13.6 Å². The van der Waals surface area contributed by atoms with Crippen LogP contribution in [0.25, 0.3) is 0 Å². The van der Waals surface area contributed by atoms with Gasteiger partial charge in [-0.1, -0.05) is 18.7 Å². The number of benzene rings is 1. The molecule has 27 heavy (non-hydrogen) atoms. The number of ether oxygens (including phenoxy) is 2. The molecular formula is C20H22F2N2O3. The van der Waals surface area contributed by atoms with E-state index in [2.05, 4.69) is 11.5 Å². The van der Waals surface area contributed by atoms with E-state index < -0.39 is 18.9 Å². The van der Waals surface area contributed by atoms with Crippen molar-refractivity contribution in [2.24, 2.45) is 0 Å². The van der Waals surface area contributed by atoms with Crippen molar-refractivity contribution in [2.45, 2.75) is 12.2 Å². The number of anilines is 1. The topological polar surface area (TPSA) is 42.0 Å². The Morgan fingerprint density at radius 3 is 2.74 bits per heavy atom. The number of nitrogens with zero attached hydrogens (tertiary/aromatic N) is 2. The molecule has 2 aliphatic heterocycles. The third-order valence-corrected chi connectivity index (χ3v) is 4.51. The first-order chi connectivity index (χ1) is 13.1. The molecule has 2 aliphatic rings. The molecule has 0 spiro atoms. The van der Waals surface area contributed by atoms with E-state index in [0.717, 1.165) is 5.70 Å². The van der Waals surface area contributed by atoms with Gasteiger partial charge in [0.1, 0.15) is 24.7 Å². The van der Waals surface area contributed by atoms with Gasteiger partial charge in [0.25, 0.3) is 0 Å². The van der Waals surface area contributed by atoms with Gasteiger partial charge < -0.3 is 14.4 Å². The number of alkyl halides is 1. The first kappa shape index (κ1) is 19.1. The van der Waals surface area contributed by atoms with Gasteiger partial charge in [0.05, 0.1) is 13.2 Å². The Hall–Kier alpha value is -2.67. The molecule has 2 fully saturated rings. The molecule has 0 N–H and O–H groups in total. The van der Waals surface area contributed by atoms with E-state index in [1.807, 2.05) is 0 Å². The molecule has 0 radical (unpaired) electrons. The van der Waals surface area contributed by atoms with Crippen LogP contribution in [0.4, 0.5) is 19.3 Å². The van der Waals surface area contributed by atoms with Crippen molar-refractivity contribution >= 4 is 11.8 Å². The molecule has 2 heterocycles. The first-order valence-electron chi connectivity index (χ1n) is 8.78. The molecule has 0 unspecified atom stereocenters. The molecule has 2 atom stereocenters. The molecule has 7 heteroatoms. The molecule has 2 saturated heterocycles. The van der Waals surface area contributed by atoms with Gasteiger partial charge >= 0.3 is 6.09 Å². The van der Waals surface area contributed by atoms with Crippen LogP contribution in [0.15, 0.2) is 60.8 Å². The number of carbonyl (C=O) groups is 1. The Labute approximate surface area is 157 Å². The van der Waals surface area contributed by atoms with E-state index >= 15 is 0 Å². The summed E-state index contributed by atoms with van der Waals surface area (Å²) < 4.78 is 36.9. The molecule has 0 aliphatic carbocycles. The molecular weight excluding hydrogens is 354 g/mol. The zero-order valence-electron chi connectivity index (χ0n) is 14.9. The fourth-order valence-corrected chi connectivity index (χ4v) is 3.20. The minimum absolute atomic E-state index is 0.319. The summed E-state index contributed by atoms with van der Waals surface area (Å²) in [6, 6.07) is 5.69. The first-order valence-corrected chi connectivity index (χ1v) is 8.78. The van der Waals surface area contributed by atoms with E-state index in [1.54, 1.807) is 30.4 Å². The molecule has 5 nitrogen and oxygen atoms in total. The largest absolute Gasteiger partial charge is 0.441 e. The molecule has 3 rings (SSSR count). The molecule has 1 aromatic rings. The van der Waals surface area contributed by atoms with E-state index in [1.165, 1.54) is 23.1 Å². The summed E-state index contributed by atoms with van der Waals surface area (Å²) >= 11 is 0. The Kier molecular flexibility index (Phi) is 6.24. The van der Waals surface area contributed by atoms with Crippen LogP contribution in [0.3, 0.4) is 0 Å². The van der Waals surface area contributed by atoms with Crippen LogP contribution in [0.1, 0.15) is 0 Å². The maximum atomic E-state index is 13.1. The molecule has 1 amide bonds. The zero-order valence-corrected chi connectivity index (χ0v) is 14.9. The van der Waals surface area contributed by atoms with Crippen LogP contribution in [-0.2, 0) is 9.47 Å². The number of carbonyl (C=O) groups excluding carboxylic acids is 1. The summed E-state index contributed by atoms with van der Waals surface area (Å²) in [4.78, 5) is 15.8. The van der Waals surface area contributed by atoms with Crippen molar-refractivity contribution in [3.05, 3.63) is 66.7 Å². The van der Waals surface area contributed by atoms with Crippen molar-refractivity contribution in [3.8, 4) is 0 Å². The number of morpholine rings is 1. The number of rotatable bonds is 6. The highest BCUT2D eigenvalue weighted by atomic mass is 19.1. The summed E-state index contributed by atoms with van der Waals surface area (Å²) in [7, 11) is 0. The van der Waals surface area contributed by atoms with Gasteiger partial charge in [-0.2, -0.15) is 0 Å². The summed E-state index contributed by atoms with van der Waals surface area (Å²) in [5, 5.41) is 0. The van der Waals surface area contributed by atoms with E-state index in [0.29, 0.717) is 31.9 Å². The van der Waals surface area contributed by atoms with Gasteiger partial charge in [0, 0.05) is 24.5 Å². The lowest BCUT2D eigenvalue weighted by atomic mass is 10.1. The average Bonchev–Trinajstić information content (AvgIpc) is 3.07. The van der Waals surface area contributed by atoms with Crippen molar-refractivity contribution in [1.82, 2.24) is 4.90 Å². The minimum Gasteiger partial charge on any atom is -0.441 e. The molecule has 1 aromatic carbocycles. The maximum absolute atomic E-state index is 13.1. The van der Waals surface area contributed by atoms with Gasteiger partial charge in [-0.05, 0) is 36.4 Å². The van der Waals surface area contributed by atoms with Crippen LogP contribution in [-0.4, -0.2) is 56.1 Å². The lowest BCUT2D eigenvalue weighted by Crippen LogP contribution is -2.48. The monoisotopic (exact) mass is 376 g/mol. The van der Waals surface area contributed by atoms with Crippen molar-refractivity contribution in [2.75, 3.05) is 37.8 Å². The number of hydrogen-bond acceptors (Lipinski definition) is 4. The number of allylic oxidation sites excluding steroid dienone is 4. The second-order valence-electron chi connectivity index (χ2n) is 6.25. The average molecular weight is 376 g/mol. The van der Waals surface area contributed by atoms with Crippen LogP contribution >= 0.6 is 0 Å². The van der Waals surface area contributed by atoms with Gasteiger partial charge in [0.15, 0.2) is 0 Å². The Bertz CT molecular complexity index is 733. The maximum Gasteiger partial charge on any atom is 0.414 e. The van der Waals surface area contributed by atoms with Gasteiger partial charge in [-0.15, -0.1) is 0 Å². The van der Waals surface area contributed by atoms with Crippen molar-refractivity contribution < 1.29 is 23.0 Å². The highest BCUT2D eigenvalue weighted by Crippen LogP contribution is 2.26. The van der Waals surface area contributed by atoms with Crippen molar-refractivity contribution in [1.29, 1.82) is 0 Å². The normalized spacial score (nSPS) is 23.8. The SMILES string of the molecule is C=C/C=C(\C=C/CF)N1CCO[C@H]([C@@H]2CN(c3ccc(F)cc3)C(=O)O2)C1. The molecule has 0 aromatic heterocycles. The smallest absolute Gasteiger partial charge is 0.414 e. The van der Waals surface area contributed by atoms with Gasteiger partial charge in [0.2, 0.25) is 0 Å². The number of cyclic esters (lactones) is 1. The fourth-order valence-electron chi connectivity index (χ4n) is 3.20. The highest BCUT2D eigenvalue weighted by molar-refractivity contribution is 5.89. The molecule has 144 valence electrons. The van der Waals surface area contributed by atoms with E-state index in [4.69, 9.17) is 9.47 Å². The van der Waals surface area contributed by atoms with Crippen LogP contribution < -0.4 is 4.90 Å². The van der Waals surface area contributed by atoms with Crippen LogP contribution in [0.5, 0.6) is 0 Å². The minimum atomic E-state index is -0.547. The third kappa shape index (κ3) is 4.54. The Morgan fingerprint density at radius 1 is 1.26 bits per heavy atom. The molecule has 0 saturated carbocycles. The van der Waals surface area contributed by atoms with Crippen molar-refractivity contribution in [3.63, 3.8) is 0 Å². The summed E-state index contributed by atoms with van der Waals surface area (Å²) in [5.74, 6) is -0.364. The highest BCUT2D eigenvalue weighted by Gasteiger charge is 2.40. The summed E-state index contributed by atoms with van der Waals surface area (Å²) in [5.41, 5.74) is 1.41. The summed E-state index contributed by atoms with van der Waals surface area (Å²) in [6.07, 6.45) is 5.35. The number of hydrogen-bond donors (Lipinski definition) is 0. The Morgan fingerprint density at radius 2 is 2.04 bits per heavy atom. The predicted octanol–water partition coefficient (Wildman–Crippen LogP) is 3.45. The Balaban J connectivity index is 1.68. The van der Waals surface area contributed by atoms with Gasteiger partial charge in [-0.25, -0.2) is 13.6 Å². The van der Waals surface area contributed by atoms with Crippen LogP contribution in [0.2, 0.25) is 0 Å². The third-order valence-electron chi connectivity index (χ3n) is 4.51. The second kappa shape index (κ2) is 8.81. The van der Waals surface area contributed by atoms with Gasteiger partial charge in [-0.3, -0.25) is 4.90 Å². The van der Waals surface area contributed by atoms with E-state index in [-0.39, 0.29) is 11.9 Å². The second-order valence-corrected chi connectivity index (χ2v) is 6.25. The quantitative estimate of drug-likeness (QED) is 0.714. The summed E-state index contributed by atoms with van der Waals surface area (Å²) in [6.45, 7) is 5.09. The lowest BCUT2D eigenvalue weighted by Gasteiger charge is -2.36. The van der Waals surface area contributed by atoms with Crippen LogP contribution in [0, 0.1) is 5.82 Å². The molecule has 0 bridgehead atoms. The standard InChI is InChI=1S/C20H22F2N2O3/c1-2-4-16(5-3-10-21)23-11-12-26-18(13-23)19-14-24(20(25)27-19)17-8-6-15(22)7-9-17/h2-9,18-19H,1,10-14H2/b5-3-,16-4+/t18-,19-/m0/s1. The number of amides is 1. The lowest BCUT2D eigenvalue weighted by molar-refractivity contribution is -0.0698. The zero-order chi connectivity index (χ0) is 19.2. The predicted molar refractivity (Wildman–Crippen MR) is 98.7 cm³/mol. The fraction of sp³-hybridized carbons (Fsp3) is 0.350. The number of halogens is 2.